The number of hydrogen-bond donors (Lipinski definition) is 1. The van der Waals surface area contributed by atoms with Gasteiger partial charge >= 0.3 is 0 Å². The van der Waals surface area contributed by atoms with E-state index in [0.717, 1.165) is 24.5 Å². The quantitative estimate of drug-likeness (QED) is 0.398. The molecule has 3 nitrogen and oxygen atoms in total. The Hall–Kier alpha value is -2.29. The maximum absolute atomic E-state index is 12.2. The highest BCUT2D eigenvalue weighted by Crippen LogP contribution is 2.21. The third kappa shape index (κ3) is 8.76. The topological polar surface area (TPSA) is 38.3 Å². The first kappa shape index (κ1) is 21.0. The van der Waals surface area contributed by atoms with E-state index in [4.69, 9.17) is 4.74 Å². The molecule has 0 spiro atoms. The van der Waals surface area contributed by atoms with E-state index in [9.17, 15) is 4.79 Å². The Morgan fingerprint density at radius 3 is 1.93 bits per heavy atom. The van der Waals surface area contributed by atoms with Crippen molar-refractivity contribution in [3.63, 3.8) is 0 Å². The number of nitrogens with one attached hydrogen (secondary N) is 1. The molecule has 0 heterocycles. The minimum Gasteiger partial charge on any atom is -0.457 e. The summed E-state index contributed by atoms with van der Waals surface area (Å²) in [7, 11) is 0. The fraction of sp³-hybridized carbons (Fsp3) is 0.458. The van der Waals surface area contributed by atoms with Gasteiger partial charge in [0.2, 0.25) is 0 Å². The van der Waals surface area contributed by atoms with Crippen LogP contribution in [0.2, 0.25) is 0 Å². The van der Waals surface area contributed by atoms with Gasteiger partial charge in [0, 0.05) is 12.1 Å². The van der Waals surface area contributed by atoms with Gasteiger partial charge in [-0.2, -0.15) is 0 Å². The summed E-state index contributed by atoms with van der Waals surface area (Å²) in [5.41, 5.74) is 0.673. The Balaban J connectivity index is 1.58. The molecule has 0 saturated carbocycles. The number of benzene rings is 2. The van der Waals surface area contributed by atoms with Gasteiger partial charge in [0.1, 0.15) is 11.5 Å². The first-order valence-corrected chi connectivity index (χ1v) is 10.4. The van der Waals surface area contributed by atoms with Crippen molar-refractivity contribution in [2.75, 3.05) is 6.54 Å². The monoisotopic (exact) mass is 367 g/mol. The number of carbonyl (C=O) groups is 1. The number of amides is 1. The SMILES string of the molecule is CCCCCCCCCCCNC(=O)c1ccc(Oc2ccccc2)cc1. The molecule has 146 valence electrons. The molecule has 2 aromatic carbocycles. The summed E-state index contributed by atoms with van der Waals surface area (Å²) in [6, 6.07) is 16.9. The normalized spacial score (nSPS) is 10.6. The molecule has 0 fully saturated rings. The largest absolute Gasteiger partial charge is 0.457 e. The van der Waals surface area contributed by atoms with Crippen LogP contribution in [-0.2, 0) is 0 Å². The number of carbonyl (C=O) groups excluding carboxylic acids is 1. The molecule has 27 heavy (non-hydrogen) atoms. The lowest BCUT2D eigenvalue weighted by atomic mass is 10.1. The van der Waals surface area contributed by atoms with Gasteiger partial charge in [0.15, 0.2) is 0 Å². The molecule has 1 N–H and O–H groups in total. The second-order valence-corrected chi connectivity index (χ2v) is 7.02. The van der Waals surface area contributed by atoms with Crippen LogP contribution in [0.5, 0.6) is 11.5 Å². The highest BCUT2D eigenvalue weighted by molar-refractivity contribution is 5.94. The summed E-state index contributed by atoms with van der Waals surface area (Å²) in [5, 5.41) is 3.01. The first-order chi connectivity index (χ1) is 13.3. The highest BCUT2D eigenvalue weighted by Gasteiger charge is 2.05. The minimum atomic E-state index is -0.0131. The third-order valence-corrected chi connectivity index (χ3v) is 4.66. The summed E-state index contributed by atoms with van der Waals surface area (Å²) in [6.45, 7) is 3.00. The zero-order chi connectivity index (χ0) is 19.2. The molecule has 0 saturated heterocycles. The zero-order valence-corrected chi connectivity index (χ0v) is 16.6. The standard InChI is InChI=1S/C24H33NO2/c1-2-3-4-5-6-7-8-9-13-20-25-24(26)21-16-18-23(19-17-21)27-22-14-11-10-12-15-22/h10-12,14-19H,2-9,13,20H2,1H3,(H,25,26). The molecule has 0 aromatic heterocycles. The van der Waals surface area contributed by atoms with Crippen LogP contribution in [0.3, 0.4) is 0 Å². The Morgan fingerprint density at radius 2 is 1.30 bits per heavy atom. The predicted octanol–water partition coefficient (Wildman–Crippen LogP) is 6.74. The van der Waals surface area contributed by atoms with Crippen LogP contribution in [0.4, 0.5) is 0 Å². The second kappa shape index (κ2) is 13.0. The second-order valence-electron chi connectivity index (χ2n) is 7.02. The molecule has 0 aliphatic carbocycles. The summed E-state index contributed by atoms with van der Waals surface area (Å²) in [5.74, 6) is 1.51. The number of hydrogen-bond acceptors (Lipinski definition) is 2. The molecule has 0 bridgehead atoms. The van der Waals surface area contributed by atoms with E-state index in [-0.39, 0.29) is 5.91 Å². The van der Waals surface area contributed by atoms with Crippen LogP contribution >= 0.6 is 0 Å². The maximum atomic E-state index is 12.2. The van der Waals surface area contributed by atoms with Crippen molar-refractivity contribution in [1.29, 1.82) is 0 Å². The van der Waals surface area contributed by atoms with Crippen LogP contribution in [0, 0.1) is 0 Å². The molecular weight excluding hydrogens is 334 g/mol. The third-order valence-electron chi connectivity index (χ3n) is 4.66. The van der Waals surface area contributed by atoms with E-state index in [1.54, 1.807) is 0 Å². The van der Waals surface area contributed by atoms with E-state index >= 15 is 0 Å². The lowest BCUT2D eigenvalue weighted by molar-refractivity contribution is 0.0953. The van der Waals surface area contributed by atoms with Gasteiger partial charge in [0.05, 0.1) is 0 Å². The van der Waals surface area contributed by atoms with E-state index < -0.39 is 0 Å². The van der Waals surface area contributed by atoms with Gasteiger partial charge in [-0.05, 0) is 42.8 Å². The minimum absolute atomic E-state index is 0.0131. The van der Waals surface area contributed by atoms with E-state index in [1.807, 2.05) is 54.6 Å². The van der Waals surface area contributed by atoms with E-state index in [1.165, 1.54) is 51.4 Å². The van der Waals surface area contributed by atoms with Gasteiger partial charge in [-0.3, -0.25) is 4.79 Å². The summed E-state index contributed by atoms with van der Waals surface area (Å²) in [4.78, 5) is 12.2. The average Bonchev–Trinajstić information content (AvgIpc) is 2.70. The zero-order valence-electron chi connectivity index (χ0n) is 16.6. The molecule has 0 aliphatic heterocycles. The van der Waals surface area contributed by atoms with Crippen molar-refractivity contribution < 1.29 is 9.53 Å². The molecule has 2 rings (SSSR count). The van der Waals surface area contributed by atoms with Gasteiger partial charge in [-0.25, -0.2) is 0 Å². The summed E-state index contributed by atoms with van der Waals surface area (Å²) >= 11 is 0. The fourth-order valence-electron chi connectivity index (χ4n) is 3.04. The van der Waals surface area contributed by atoms with Crippen LogP contribution in [-0.4, -0.2) is 12.5 Å². The molecule has 2 aromatic rings. The van der Waals surface area contributed by atoms with Crippen LogP contribution in [0.25, 0.3) is 0 Å². The van der Waals surface area contributed by atoms with Crippen molar-refractivity contribution >= 4 is 5.91 Å². The summed E-state index contributed by atoms with van der Waals surface area (Å²) in [6.07, 6.45) is 11.6. The first-order valence-electron chi connectivity index (χ1n) is 10.4. The van der Waals surface area contributed by atoms with Crippen molar-refractivity contribution in [3.8, 4) is 11.5 Å². The number of para-hydroxylation sites is 1. The number of rotatable bonds is 13. The molecular formula is C24H33NO2. The smallest absolute Gasteiger partial charge is 0.251 e. The molecule has 0 aliphatic rings. The summed E-state index contributed by atoms with van der Waals surface area (Å²) < 4.78 is 5.75. The number of ether oxygens (including phenoxy) is 1. The van der Waals surface area contributed by atoms with Crippen LogP contribution in [0.15, 0.2) is 54.6 Å². The van der Waals surface area contributed by atoms with Gasteiger partial charge in [-0.15, -0.1) is 0 Å². The lowest BCUT2D eigenvalue weighted by Gasteiger charge is -2.08. The maximum Gasteiger partial charge on any atom is 0.251 e. The van der Waals surface area contributed by atoms with Crippen molar-refractivity contribution in [2.24, 2.45) is 0 Å². The van der Waals surface area contributed by atoms with Gasteiger partial charge in [0.25, 0.3) is 5.91 Å². The van der Waals surface area contributed by atoms with E-state index in [0.29, 0.717) is 5.56 Å². The van der Waals surface area contributed by atoms with Gasteiger partial charge < -0.3 is 10.1 Å². The molecule has 3 heteroatoms. The lowest BCUT2D eigenvalue weighted by Crippen LogP contribution is -2.24. The Labute approximate surface area is 164 Å². The van der Waals surface area contributed by atoms with Crippen LogP contribution in [0.1, 0.15) is 75.1 Å². The molecule has 0 radical (unpaired) electrons. The van der Waals surface area contributed by atoms with Crippen LogP contribution < -0.4 is 10.1 Å². The predicted molar refractivity (Wildman–Crippen MR) is 113 cm³/mol. The van der Waals surface area contributed by atoms with Crippen molar-refractivity contribution in [3.05, 3.63) is 60.2 Å². The van der Waals surface area contributed by atoms with Crippen molar-refractivity contribution in [2.45, 2.75) is 64.7 Å². The number of unbranched alkanes of at least 4 members (excludes halogenated alkanes) is 8. The highest BCUT2D eigenvalue weighted by atomic mass is 16.5. The fourth-order valence-corrected chi connectivity index (χ4v) is 3.04. The van der Waals surface area contributed by atoms with Gasteiger partial charge in [-0.1, -0.05) is 76.5 Å². The Morgan fingerprint density at radius 1 is 0.741 bits per heavy atom. The molecule has 0 atom stereocenters. The Kier molecular flexibility index (Phi) is 10.1. The Bertz CT molecular complexity index is 637. The van der Waals surface area contributed by atoms with E-state index in [2.05, 4.69) is 12.2 Å². The average molecular weight is 368 g/mol. The molecule has 1 amide bonds. The molecule has 0 unspecified atom stereocenters. The van der Waals surface area contributed by atoms with Crippen molar-refractivity contribution in [1.82, 2.24) is 5.32 Å².